The molecule has 0 bridgehead atoms. The number of hydrogen-bond donors (Lipinski definition) is 2. The lowest BCUT2D eigenvalue weighted by molar-refractivity contribution is 0.0689. The van der Waals surface area contributed by atoms with E-state index in [1.165, 1.54) is 51.4 Å². The molecule has 2 rings (SSSR count). The average molecular weight is 197 g/mol. The SMILES string of the molecule is NC1CCC2(CC1)CCC(CO)CC2. The molecule has 2 fully saturated rings. The van der Waals surface area contributed by atoms with Crippen LogP contribution >= 0.6 is 0 Å². The Morgan fingerprint density at radius 2 is 1.50 bits per heavy atom. The van der Waals surface area contributed by atoms with Gasteiger partial charge in [0.15, 0.2) is 0 Å². The van der Waals surface area contributed by atoms with Crippen molar-refractivity contribution in [2.45, 2.75) is 57.4 Å². The van der Waals surface area contributed by atoms with Gasteiger partial charge in [0.25, 0.3) is 0 Å². The van der Waals surface area contributed by atoms with Crippen molar-refractivity contribution in [1.82, 2.24) is 0 Å². The highest BCUT2D eigenvalue weighted by Crippen LogP contribution is 2.48. The molecule has 0 atom stereocenters. The predicted molar refractivity (Wildman–Crippen MR) is 57.9 cm³/mol. The second-order valence-electron chi connectivity index (χ2n) is 5.46. The summed E-state index contributed by atoms with van der Waals surface area (Å²) in [6.45, 7) is 0.398. The van der Waals surface area contributed by atoms with Crippen LogP contribution in [-0.4, -0.2) is 17.8 Å². The molecule has 0 heterocycles. The fraction of sp³-hybridized carbons (Fsp3) is 1.00. The lowest BCUT2D eigenvalue weighted by atomic mass is 9.63. The molecular formula is C12H23NO. The summed E-state index contributed by atoms with van der Waals surface area (Å²) >= 11 is 0. The topological polar surface area (TPSA) is 46.2 Å². The van der Waals surface area contributed by atoms with E-state index in [9.17, 15) is 0 Å². The lowest BCUT2D eigenvalue weighted by Gasteiger charge is -2.44. The molecule has 0 saturated heterocycles. The van der Waals surface area contributed by atoms with E-state index in [-0.39, 0.29) is 0 Å². The smallest absolute Gasteiger partial charge is 0.0459 e. The Morgan fingerprint density at radius 3 is 2.00 bits per heavy atom. The highest BCUT2D eigenvalue weighted by atomic mass is 16.3. The number of aliphatic hydroxyl groups is 1. The van der Waals surface area contributed by atoms with E-state index in [1.54, 1.807) is 0 Å². The first-order valence-corrected chi connectivity index (χ1v) is 6.11. The van der Waals surface area contributed by atoms with Crippen LogP contribution in [0.1, 0.15) is 51.4 Å². The first-order valence-electron chi connectivity index (χ1n) is 6.11. The van der Waals surface area contributed by atoms with E-state index in [2.05, 4.69) is 0 Å². The summed E-state index contributed by atoms with van der Waals surface area (Å²) in [5, 5.41) is 9.10. The maximum absolute atomic E-state index is 9.10. The van der Waals surface area contributed by atoms with E-state index in [0.717, 1.165) is 0 Å². The Kier molecular flexibility index (Phi) is 3.13. The van der Waals surface area contributed by atoms with Crippen molar-refractivity contribution >= 4 is 0 Å². The summed E-state index contributed by atoms with van der Waals surface area (Å²) in [7, 11) is 0. The van der Waals surface area contributed by atoms with Crippen molar-refractivity contribution in [1.29, 1.82) is 0 Å². The average Bonchev–Trinajstić information content (AvgIpc) is 2.24. The molecule has 0 radical (unpaired) electrons. The fourth-order valence-corrected chi connectivity index (χ4v) is 3.23. The maximum atomic E-state index is 9.10. The minimum absolute atomic E-state index is 0.398. The molecule has 3 N–H and O–H groups in total. The third-order valence-corrected chi connectivity index (χ3v) is 4.51. The van der Waals surface area contributed by atoms with Crippen molar-refractivity contribution in [2.24, 2.45) is 17.1 Å². The van der Waals surface area contributed by atoms with Gasteiger partial charge in [0.1, 0.15) is 0 Å². The highest BCUT2D eigenvalue weighted by molar-refractivity contribution is 4.90. The Bertz CT molecular complexity index is 175. The Morgan fingerprint density at radius 1 is 1.00 bits per heavy atom. The van der Waals surface area contributed by atoms with Crippen LogP contribution in [0.3, 0.4) is 0 Å². The fourth-order valence-electron chi connectivity index (χ4n) is 3.23. The van der Waals surface area contributed by atoms with Crippen LogP contribution in [0.2, 0.25) is 0 Å². The van der Waals surface area contributed by atoms with E-state index < -0.39 is 0 Å². The van der Waals surface area contributed by atoms with Crippen molar-refractivity contribution in [3.8, 4) is 0 Å². The zero-order valence-corrected chi connectivity index (χ0v) is 9.04. The van der Waals surface area contributed by atoms with Crippen LogP contribution in [0.25, 0.3) is 0 Å². The van der Waals surface area contributed by atoms with E-state index in [0.29, 0.717) is 24.0 Å². The minimum Gasteiger partial charge on any atom is -0.396 e. The molecule has 2 aliphatic carbocycles. The van der Waals surface area contributed by atoms with Gasteiger partial charge in [0.2, 0.25) is 0 Å². The second kappa shape index (κ2) is 4.19. The zero-order chi connectivity index (χ0) is 10.0. The van der Waals surface area contributed by atoms with Crippen LogP contribution in [-0.2, 0) is 0 Å². The molecule has 0 unspecified atom stereocenters. The molecule has 1 spiro atoms. The van der Waals surface area contributed by atoms with Gasteiger partial charge in [0, 0.05) is 12.6 Å². The Labute approximate surface area is 86.9 Å². The van der Waals surface area contributed by atoms with Crippen molar-refractivity contribution in [3.63, 3.8) is 0 Å². The van der Waals surface area contributed by atoms with Gasteiger partial charge in [-0.2, -0.15) is 0 Å². The van der Waals surface area contributed by atoms with E-state index in [4.69, 9.17) is 10.8 Å². The largest absolute Gasteiger partial charge is 0.396 e. The molecule has 2 saturated carbocycles. The first-order chi connectivity index (χ1) is 6.74. The summed E-state index contributed by atoms with van der Waals surface area (Å²) in [5.74, 6) is 0.594. The molecule has 2 heteroatoms. The third-order valence-electron chi connectivity index (χ3n) is 4.51. The van der Waals surface area contributed by atoms with Gasteiger partial charge in [-0.15, -0.1) is 0 Å². The summed E-state index contributed by atoms with van der Waals surface area (Å²) in [5.41, 5.74) is 6.56. The van der Waals surface area contributed by atoms with Gasteiger partial charge in [-0.3, -0.25) is 0 Å². The number of rotatable bonds is 1. The van der Waals surface area contributed by atoms with Gasteiger partial charge in [-0.05, 0) is 62.7 Å². The van der Waals surface area contributed by atoms with Gasteiger partial charge in [-0.1, -0.05) is 0 Å². The monoisotopic (exact) mass is 197 g/mol. The molecule has 2 nitrogen and oxygen atoms in total. The lowest BCUT2D eigenvalue weighted by Crippen LogP contribution is -2.37. The Balaban J connectivity index is 1.86. The molecule has 0 aromatic carbocycles. The molecule has 0 aliphatic heterocycles. The third kappa shape index (κ3) is 2.12. The summed E-state index contributed by atoms with van der Waals surface area (Å²) in [6, 6.07) is 0.469. The predicted octanol–water partition coefficient (Wildman–Crippen LogP) is 2.06. The van der Waals surface area contributed by atoms with Gasteiger partial charge < -0.3 is 10.8 Å². The molecule has 14 heavy (non-hydrogen) atoms. The number of hydrogen-bond acceptors (Lipinski definition) is 2. The number of aliphatic hydroxyl groups excluding tert-OH is 1. The van der Waals surface area contributed by atoms with Crippen LogP contribution in [0, 0.1) is 11.3 Å². The molecule has 0 amide bonds. The van der Waals surface area contributed by atoms with Gasteiger partial charge in [-0.25, -0.2) is 0 Å². The summed E-state index contributed by atoms with van der Waals surface area (Å²) in [4.78, 5) is 0. The van der Waals surface area contributed by atoms with Crippen LogP contribution in [0.5, 0.6) is 0 Å². The molecule has 0 aromatic rings. The van der Waals surface area contributed by atoms with E-state index >= 15 is 0 Å². The quantitative estimate of drug-likeness (QED) is 0.676. The highest BCUT2D eigenvalue weighted by Gasteiger charge is 2.37. The van der Waals surface area contributed by atoms with Crippen molar-refractivity contribution in [3.05, 3.63) is 0 Å². The molecule has 2 aliphatic rings. The van der Waals surface area contributed by atoms with Gasteiger partial charge >= 0.3 is 0 Å². The second-order valence-corrected chi connectivity index (χ2v) is 5.46. The number of nitrogens with two attached hydrogens (primary N) is 1. The van der Waals surface area contributed by atoms with Crippen molar-refractivity contribution < 1.29 is 5.11 Å². The molecule has 82 valence electrons. The van der Waals surface area contributed by atoms with Crippen LogP contribution in [0.15, 0.2) is 0 Å². The Hall–Kier alpha value is -0.0800. The van der Waals surface area contributed by atoms with Crippen LogP contribution < -0.4 is 5.73 Å². The maximum Gasteiger partial charge on any atom is 0.0459 e. The van der Waals surface area contributed by atoms with Gasteiger partial charge in [0.05, 0.1) is 0 Å². The summed E-state index contributed by atoms with van der Waals surface area (Å²) < 4.78 is 0. The zero-order valence-electron chi connectivity index (χ0n) is 9.04. The van der Waals surface area contributed by atoms with Crippen LogP contribution in [0.4, 0.5) is 0 Å². The van der Waals surface area contributed by atoms with E-state index in [1.807, 2.05) is 0 Å². The molecular weight excluding hydrogens is 174 g/mol. The molecule has 0 aromatic heterocycles. The minimum atomic E-state index is 0.398. The van der Waals surface area contributed by atoms with Crippen molar-refractivity contribution in [2.75, 3.05) is 6.61 Å². The first kappa shape index (κ1) is 10.4. The normalized spacial score (nSPS) is 44.1. The standard InChI is InChI=1S/C12H23NO/c13-11-3-7-12(8-4-11)5-1-10(9-14)2-6-12/h10-11,14H,1-9,13H2. The summed E-state index contributed by atoms with van der Waals surface area (Å²) in [6.07, 6.45) is 10.3.